The molecule has 0 saturated heterocycles. The normalized spacial score (nSPS) is 10.8. The summed E-state index contributed by atoms with van der Waals surface area (Å²) in [4.78, 5) is 8.12. The summed E-state index contributed by atoms with van der Waals surface area (Å²) in [6.07, 6.45) is 2.72. The maximum atomic E-state index is 5.66. The molecule has 0 fully saturated rings. The first-order valence-corrected chi connectivity index (χ1v) is 5.24. The molecule has 6 heteroatoms. The molecule has 0 aliphatic rings. The molecule has 90 valence electrons. The molecule has 0 aromatic carbocycles. The molecule has 4 nitrogen and oxygen atoms in total. The molecule has 0 bridgehead atoms. The van der Waals surface area contributed by atoms with Gasteiger partial charge in [-0.1, -0.05) is 24.6 Å². The van der Waals surface area contributed by atoms with Gasteiger partial charge in [0.25, 0.3) is 0 Å². The van der Waals surface area contributed by atoms with Gasteiger partial charge in [0.2, 0.25) is 0 Å². The van der Waals surface area contributed by atoms with E-state index in [4.69, 9.17) is 17.3 Å². The molecule has 0 amide bonds. The van der Waals surface area contributed by atoms with Gasteiger partial charge >= 0.3 is 0 Å². The number of nitrogens with one attached hydrogen (secondary N) is 1. The van der Waals surface area contributed by atoms with Gasteiger partial charge in [-0.3, -0.25) is 0 Å². The third kappa shape index (κ3) is 6.12. The lowest BCUT2D eigenvalue weighted by Crippen LogP contribution is -2.32. The molecule has 1 aromatic rings. The molecule has 0 radical (unpaired) electrons. The minimum atomic E-state index is 0. The summed E-state index contributed by atoms with van der Waals surface area (Å²) in [5, 5.41) is 3.48. The van der Waals surface area contributed by atoms with E-state index in [1.54, 1.807) is 12.3 Å². The Balaban J connectivity index is 0.00000225. The molecule has 1 heterocycles. The van der Waals surface area contributed by atoms with Gasteiger partial charge in [-0.25, -0.2) is 9.98 Å². The molecule has 3 N–H and O–H groups in total. The van der Waals surface area contributed by atoms with Gasteiger partial charge in [-0.2, -0.15) is 0 Å². The summed E-state index contributed by atoms with van der Waals surface area (Å²) in [5.41, 5.74) is 6.62. The molecule has 1 rings (SSSR count). The molecule has 1 aromatic heterocycles. The van der Waals surface area contributed by atoms with Gasteiger partial charge in [0.15, 0.2) is 5.96 Å². The minimum absolute atomic E-state index is 0. The smallest absolute Gasteiger partial charge is 0.188 e. The highest BCUT2D eigenvalue weighted by molar-refractivity contribution is 14.0. The zero-order chi connectivity index (χ0) is 11.1. The van der Waals surface area contributed by atoms with E-state index in [9.17, 15) is 0 Å². The molecule has 0 saturated carbocycles. The van der Waals surface area contributed by atoms with E-state index >= 15 is 0 Å². The second-order valence-electron chi connectivity index (χ2n) is 3.12. The Morgan fingerprint density at radius 2 is 2.31 bits per heavy atom. The highest BCUT2D eigenvalue weighted by Gasteiger charge is 1.93. The van der Waals surface area contributed by atoms with Crippen molar-refractivity contribution in [1.29, 1.82) is 0 Å². The second-order valence-corrected chi connectivity index (χ2v) is 3.50. The summed E-state index contributed by atoms with van der Waals surface area (Å²) in [6.45, 7) is 3.43. The van der Waals surface area contributed by atoms with Crippen molar-refractivity contribution in [3.05, 3.63) is 29.0 Å². The minimum Gasteiger partial charge on any atom is -0.370 e. The van der Waals surface area contributed by atoms with Gasteiger partial charge in [0.05, 0.1) is 6.54 Å². The predicted molar refractivity (Wildman–Crippen MR) is 78.3 cm³/mol. The maximum Gasteiger partial charge on any atom is 0.188 e. The average molecular weight is 355 g/mol. The van der Waals surface area contributed by atoms with Crippen LogP contribution in [-0.4, -0.2) is 17.5 Å². The number of nitrogens with two attached hydrogens (primary N) is 1. The van der Waals surface area contributed by atoms with E-state index in [0.717, 1.165) is 18.5 Å². The van der Waals surface area contributed by atoms with Crippen LogP contribution in [0.1, 0.15) is 18.9 Å². The van der Waals surface area contributed by atoms with Crippen LogP contribution in [0, 0.1) is 0 Å². The Morgan fingerprint density at radius 1 is 1.56 bits per heavy atom. The standard InChI is InChI=1S/C10H15ClN4.HI/c1-2-5-13-10(12)15-7-8-3-4-9(11)14-6-8;/h3-4,6H,2,5,7H2,1H3,(H3,12,13,15);1H. The largest absolute Gasteiger partial charge is 0.370 e. The molecule has 0 aliphatic carbocycles. The quantitative estimate of drug-likeness (QED) is 0.377. The van der Waals surface area contributed by atoms with Crippen LogP contribution in [0.5, 0.6) is 0 Å². The molecule has 0 atom stereocenters. The highest BCUT2D eigenvalue weighted by Crippen LogP contribution is 2.05. The first-order valence-electron chi connectivity index (χ1n) is 4.86. The Labute approximate surface area is 118 Å². The van der Waals surface area contributed by atoms with Crippen LogP contribution in [0.15, 0.2) is 23.3 Å². The van der Waals surface area contributed by atoms with Crippen molar-refractivity contribution in [1.82, 2.24) is 10.3 Å². The molecule has 16 heavy (non-hydrogen) atoms. The van der Waals surface area contributed by atoms with Crippen molar-refractivity contribution in [3.8, 4) is 0 Å². The van der Waals surface area contributed by atoms with E-state index in [-0.39, 0.29) is 24.0 Å². The number of aromatic nitrogens is 1. The zero-order valence-electron chi connectivity index (χ0n) is 9.11. The van der Waals surface area contributed by atoms with Gasteiger partial charge < -0.3 is 11.1 Å². The Kier molecular flexibility index (Phi) is 8.28. The SMILES string of the molecule is CCCNC(N)=NCc1ccc(Cl)nc1.I. The molecule has 0 aliphatic heterocycles. The lowest BCUT2D eigenvalue weighted by Gasteiger charge is -2.03. The summed E-state index contributed by atoms with van der Waals surface area (Å²) >= 11 is 5.66. The van der Waals surface area contributed by atoms with Crippen LogP contribution in [0.2, 0.25) is 5.15 Å². The molecular formula is C10H16ClIN4. The number of pyridine rings is 1. The van der Waals surface area contributed by atoms with Crippen LogP contribution in [0.4, 0.5) is 0 Å². The van der Waals surface area contributed by atoms with Gasteiger partial charge in [-0.05, 0) is 18.1 Å². The lowest BCUT2D eigenvalue weighted by atomic mass is 10.3. The van der Waals surface area contributed by atoms with Gasteiger partial charge in [0, 0.05) is 12.7 Å². The molecular weight excluding hydrogens is 338 g/mol. The van der Waals surface area contributed by atoms with E-state index in [2.05, 4.69) is 22.2 Å². The third-order valence-electron chi connectivity index (χ3n) is 1.78. The van der Waals surface area contributed by atoms with Crippen molar-refractivity contribution < 1.29 is 0 Å². The fourth-order valence-corrected chi connectivity index (χ4v) is 1.10. The van der Waals surface area contributed by atoms with Crippen LogP contribution in [-0.2, 0) is 6.54 Å². The summed E-state index contributed by atoms with van der Waals surface area (Å²) in [5.74, 6) is 0.465. The Hall–Kier alpha value is -0.560. The van der Waals surface area contributed by atoms with E-state index in [1.807, 2.05) is 6.07 Å². The van der Waals surface area contributed by atoms with Crippen LogP contribution in [0.25, 0.3) is 0 Å². The number of hydrogen-bond donors (Lipinski definition) is 2. The van der Waals surface area contributed by atoms with Crippen molar-refractivity contribution in [2.45, 2.75) is 19.9 Å². The zero-order valence-corrected chi connectivity index (χ0v) is 12.2. The number of hydrogen-bond acceptors (Lipinski definition) is 2. The summed E-state index contributed by atoms with van der Waals surface area (Å²) < 4.78 is 0. The first kappa shape index (κ1) is 15.4. The topological polar surface area (TPSA) is 63.3 Å². The third-order valence-corrected chi connectivity index (χ3v) is 2.00. The lowest BCUT2D eigenvalue weighted by molar-refractivity contribution is 0.825. The second kappa shape index (κ2) is 8.58. The number of nitrogens with zero attached hydrogens (tertiary/aromatic N) is 2. The van der Waals surface area contributed by atoms with Gasteiger partial charge in [0.1, 0.15) is 5.15 Å². The van der Waals surface area contributed by atoms with Crippen molar-refractivity contribution in [3.63, 3.8) is 0 Å². The van der Waals surface area contributed by atoms with E-state index < -0.39 is 0 Å². The van der Waals surface area contributed by atoms with Crippen LogP contribution >= 0.6 is 35.6 Å². The van der Waals surface area contributed by atoms with Crippen LogP contribution < -0.4 is 11.1 Å². The Morgan fingerprint density at radius 3 is 2.88 bits per heavy atom. The molecule has 0 unspecified atom stereocenters. The predicted octanol–water partition coefficient (Wildman–Crippen LogP) is 2.17. The number of rotatable bonds is 4. The maximum absolute atomic E-state index is 5.66. The fourth-order valence-electron chi connectivity index (χ4n) is 0.985. The number of halogens is 2. The van der Waals surface area contributed by atoms with E-state index in [0.29, 0.717) is 17.7 Å². The van der Waals surface area contributed by atoms with E-state index in [1.165, 1.54) is 0 Å². The first-order chi connectivity index (χ1) is 7.22. The number of aliphatic imine (C=N–C) groups is 1. The summed E-state index contributed by atoms with van der Waals surface area (Å²) in [6, 6.07) is 3.62. The van der Waals surface area contributed by atoms with Crippen molar-refractivity contribution in [2.75, 3.05) is 6.54 Å². The summed E-state index contributed by atoms with van der Waals surface area (Å²) in [7, 11) is 0. The average Bonchev–Trinajstić information content (AvgIpc) is 2.25. The Bertz CT molecular complexity index is 326. The van der Waals surface area contributed by atoms with Crippen molar-refractivity contribution in [2.24, 2.45) is 10.7 Å². The highest BCUT2D eigenvalue weighted by atomic mass is 127. The number of guanidine groups is 1. The van der Waals surface area contributed by atoms with Crippen molar-refractivity contribution >= 4 is 41.5 Å². The fraction of sp³-hybridized carbons (Fsp3) is 0.400. The van der Waals surface area contributed by atoms with Crippen LogP contribution in [0.3, 0.4) is 0 Å². The molecule has 0 spiro atoms. The monoisotopic (exact) mass is 354 g/mol. The van der Waals surface area contributed by atoms with Gasteiger partial charge in [-0.15, -0.1) is 24.0 Å².